The highest BCUT2D eigenvalue weighted by Crippen LogP contribution is 2.21. The van der Waals surface area contributed by atoms with Gasteiger partial charge in [0.05, 0.1) is 10.6 Å². The van der Waals surface area contributed by atoms with Crippen molar-refractivity contribution in [1.29, 1.82) is 0 Å². The Kier molecular flexibility index (Phi) is 8.75. The monoisotopic (exact) mass is 540 g/mol. The maximum Gasteiger partial charge on any atom is 0.272 e. The minimum Gasteiger partial charge on any atom is -0.364 e. The summed E-state index contributed by atoms with van der Waals surface area (Å²) in [6.45, 7) is 4.66. The van der Waals surface area contributed by atoms with Crippen LogP contribution in [0.2, 0.25) is 5.02 Å². The molecule has 3 amide bonds. The summed E-state index contributed by atoms with van der Waals surface area (Å²) in [7, 11) is 0. The maximum absolute atomic E-state index is 13.3. The first-order chi connectivity index (χ1) is 18.2. The molecule has 1 atom stereocenters. The quantitative estimate of drug-likeness (QED) is 0.354. The first-order valence-corrected chi connectivity index (χ1v) is 12.9. The van der Waals surface area contributed by atoms with Crippen LogP contribution in [0.5, 0.6) is 0 Å². The van der Waals surface area contributed by atoms with Crippen LogP contribution < -0.4 is 16.4 Å². The van der Waals surface area contributed by atoms with Gasteiger partial charge in [-0.25, -0.2) is 9.37 Å². The second kappa shape index (κ2) is 12.2. The van der Waals surface area contributed by atoms with Crippen LogP contribution in [0.4, 0.5) is 10.1 Å². The van der Waals surface area contributed by atoms with E-state index >= 15 is 0 Å². The number of nitrogens with zero attached hydrogens (tertiary/aromatic N) is 3. The first-order valence-electron chi connectivity index (χ1n) is 12.5. The number of hydrogen-bond donors (Lipinski definition) is 3. The molecule has 11 heteroatoms. The molecule has 1 fully saturated rings. The Morgan fingerprint density at radius 3 is 2.58 bits per heavy atom. The van der Waals surface area contributed by atoms with E-state index in [2.05, 4.69) is 27.4 Å². The van der Waals surface area contributed by atoms with Crippen molar-refractivity contribution >= 4 is 35.0 Å². The number of aromatic nitrogens is 2. The molecule has 2 aromatic carbocycles. The van der Waals surface area contributed by atoms with Gasteiger partial charge < -0.3 is 21.3 Å². The van der Waals surface area contributed by atoms with E-state index in [0.29, 0.717) is 24.0 Å². The second-order valence-corrected chi connectivity index (χ2v) is 9.70. The Labute approximate surface area is 225 Å². The number of benzene rings is 2. The molecule has 4 N–H and O–H groups in total. The van der Waals surface area contributed by atoms with E-state index in [1.807, 2.05) is 0 Å². The fraction of sp³-hybridized carbons (Fsp3) is 0.333. The highest BCUT2D eigenvalue weighted by Gasteiger charge is 2.23. The third-order valence-corrected chi connectivity index (χ3v) is 6.96. The van der Waals surface area contributed by atoms with Gasteiger partial charge in [-0.1, -0.05) is 18.0 Å². The largest absolute Gasteiger partial charge is 0.364 e. The van der Waals surface area contributed by atoms with Gasteiger partial charge in [0, 0.05) is 30.5 Å². The molecule has 0 aliphatic carbocycles. The normalized spacial score (nSPS) is 15.7. The van der Waals surface area contributed by atoms with Crippen LogP contribution in [0.25, 0.3) is 5.69 Å². The average molecular weight is 541 g/mol. The van der Waals surface area contributed by atoms with Gasteiger partial charge in [0.25, 0.3) is 17.7 Å². The molecule has 0 radical (unpaired) electrons. The number of imidazole rings is 1. The predicted molar refractivity (Wildman–Crippen MR) is 143 cm³/mol. The zero-order valence-corrected chi connectivity index (χ0v) is 21.8. The third kappa shape index (κ3) is 6.38. The fourth-order valence-corrected chi connectivity index (χ4v) is 4.83. The number of piperidine rings is 1. The summed E-state index contributed by atoms with van der Waals surface area (Å²) < 4.78 is 14.7. The lowest BCUT2D eigenvalue weighted by molar-refractivity contribution is 0.0926. The van der Waals surface area contributed by atoms with E-state index in [-0.39, 0.29) is 22.0 Å². The Hall–Kier alpha value is -3.76. The summed E-state index contributed by atoms with van der Waals surface area (Å²) in [6, 6.07) is 10.6. The molecule has 1 aliphatic heterocycles. The van der Waals surface area contributed by atoms with Gasteiger partial charge in [-0.3, -0.25) is 19.0 Å². The fourth-order valence-electron chi connectivity index (χ4n) is 4.58. The summed E-state index contributed by atoms with van der Waals surface area (Å²) in [5.41, 5.74) is 6.61. The predicted octanol–water partition coefficient (Wildman–Crippen LogP) is 4.01. The lowest BCUT2D eigenvalue weighted by Crippen LogP contribution is -2.39. The molecule has 0 bridgehead atoms. The summed E-state index contributed by atoms with van der Waals surface area (Å²) >= 11 is 5.96. The molecule has 1 saturated heterocycles. The number of amides is 3. The van der Waals surface area contributed by atoms with E-state index < -0.39 is 23.5 Å². The molecular weight excluding hydrogens is 511 g/mol. The topological polar surface area (TPSA) is 122 Å². The van der Waals surface area contributed by atoms with Crippen molar-refractivity contribution in [2.45, 2.75) is 38.6 Å². The van der Waals surface area contributed by atoms with Crippen molar-refractivity contribution in [3.63, 3.8) is 0 Å². The molecule has 1 aliphatic rings. The van der Waals surface area contributed by atoms with E-state index in [1.165, 1.54) is 36.2 Å². The number of halogens is 2. The van der Waals surface area contributed by atoms with Crippen LogP contribution in [0, 0.1) is 5.82 Å². The van der Waals surface area contributed by atoms with Crippen molar-refractivity contribution in [1.82, 2.24) is 19.8 Å². The number of primary amides is 1. The number of nitrogens with one attached hydrogen (secondary N) is 2. The number of anilines is 1. The zero-order chi connectivity index (χ0) is 27.2. The second-order valence-electron chi connectivity index (χ2n) is 9.29. The lowest BCUT2D eigenvalue weighted by Gasteiger charge is -2.33. The summed E-state index contributed by atoms with van der Waals surface area (Å²) in [6.07, 6.45) is 5.80. The lowest BCUT2D eigenvalue weighted by atomic mass is 10.0. The van der Waals surface area contributed by atoms with Gasteiger partial charge in [-0.2, -0.15) is 0 Å². The molecular formula is C27H30ClFN6O3. The first kappa shape index (κ1) is 27.3. The highest BCUT2D eigenvalue weighted by molar-refractivity contribution is 6.34. The number of rotatable bonds is 9. The van der Waals surface area contributed by atoms with Gasteiger partial charge >= 0.3 is 0 Å². The molecule has 38 heavy (non-hydrogen) atoms. The minimum absolute atomic E-state index is 0.00417. The van der Waals surface area contributed by atoms with Crippen LogP contribution in [0.15, 0.2) is 48.8 Å². The van der Waals surface area contributed by atoms with Crippen molar-refractivity contribution < 1.29 is 18.8 Å². The Morgan fingerprint density at radius 1 is 1.13 bits per heavy atom. The van der Waals surface area contributed by atoms with Crippen LogP contribution in [-0.2, 0) is 0 Å². The van der Waals surface area contributed by atoms with E-state index in [9.17, 15) is 18.8 Å². The number of nitrogens with two attached hydrogens (primary N) is 1. The molecule has 4 rings (SSSR count). The Balaban J connectivity index is 1.40. The molecule has 1 unspecified atom stereocenters. The molecule has 0 spiro atoms. The van der Waals surface area contributed by atoms with Crippen LogP contribution in [0.3, 0.4) is 0 Å². The standard InChI is InChI=1S/C27H30ClFN6O3/c1-17-5-2-3-13-34(17)14-4-12-31-27(38)23-24(25(30)36)35(16-32-23)20-9-7-19(8-10-20)33-26(37)21-11-6-18(29)15-22(21)28/h6-11,15-17H,2-5,12-14H2,1H3,(H2,30,36)(H,31,38)(H,33,37). The molecule has 3 aromatic rings. The third-order valence-electron chi connectivity index (χ3n) is 6.64. The van der Waals surface area contributed by atoms with Crippen molar-refractivity contribution in [2.24, 2.45) is 5.73 Å². The average Bonchev–Trinajstić information content (AvgIpc) is 3.34. The van der Waals surface area contributed by atoms with Gasteiger partial charge in [0.2, 0.25) is 0 Å². The van der Waals surface area contributed by atoms with Crippen LogP contribution in [0.1, 0.15) is 63.9 Å². The molecule has 200 valence electrons. The van der Waals surface area contributed by atoms with Crippen molar-refractivity contribution in [3.05, 3.63) is 76.6 Å². The van der Waals surface area contributed by atoms with Gasteiger partial charge in [0.1, 0.15) is 17.8 Å². The minimum atomic E-state index is -0.793. The number of hydrogen-bond acceptors (Lipinski definition) is 5. The molecule has 0 saturated carbocycles. The van der Waals surface area contributed by atoms with Crippen LogP contribution in [-0.4, -0.2) is 57.8 Å². The Morgan fingerprint density at radius 2 is 1.89 bits per heavy atom. The van der Waals surface area contributed by atoms with E-state index in [1.54, 1.807) is 24.3 Å². The molecule has 1 aromatic heterocycles. The van der Waals surface area contributed by atoms with Gasteiger partial charge in [-0.05, 0) is 75.2 Å². The zero-order valence-electron chi connectivity index (χ0n) is 21.0. The Bertz CT molecular complexity index is 1330. The smallest absolute Gasteiger partial charge is 0.272 e. The van der Waals surface area contributed by atoms with Crippen molar-refractivity contribution in [3.8, 4) is 5.69 Å². The number of carbonyl (C=O) groups excluding carboxylic acids is 3. The SMILES string of the molecule is CC1CCCCN1CCCNC(=O)c1ncn(-c2ccc(NC(=O)c3ccc(F)cc3Cl)cc2)c1C(N)=O. The summed E-state index contributed by atoms with van der Waals surface area (Å²) in [5, 5.41) is 5.52. The van der Waals surface area contributed by atoms with Gasteiger partial charge in [-0.15, -0.1) is 0 Å². The molecule has 9 nitrogen and oxygen atoms in total. The summed E-state index contributed by atoms with van der Waals surface area (Å²) in [5.74, 6) is -2.30. The number of likely N-dealkylation sites (tertiary alicyclic amines) is 1. The number of carbonyl (C=O) groups is 3. The van der Waals surface area contributed by atoms with Crippen LogP contribution >= 0.6 is 11.6 Å². The highest BCUT2D eigenvalue weighted by atomic mass is 35.5. The maximum atomic E-state index is 13.3. The van der Waals surface area contributed by atoms with Gasteiger partial charge in [0.15, 0.2) is 5.69 Å². The van der Waals surface area contributed by atoms with E-state index in [4.69, 9.17) is 17.3 Å². The summed E-state index contributed by atoms with van der Waals surface area (Å²) in [4.78, 5) is 44.1. The molecule has 2 heterocycles. The van der Waals surface area contributed by atoms with Crippen molar-refractivity contribution in [2.75, 3.05) is 25.0 Å². The van der Waals surface area contributed by atoms with E-state index in [0.717, 1.165) is 31.6 Å².